The van der Waals surface area contributed by atoms with Gasteiger partial charge in [-0.1, -0.05) is 6.07 Å². The Morgan fingerprint density at radius 3 is 2.80 bits per heavy atom. The molecule has 0 radical (unpaired) electrons. The van der Waals surface area contributed by atoms with E-state index < -0.39 is 11.0 Å². The van der Waals surface area contributed by atoms with Crippen LogP contribution in [0.25, 0.3) is 0 Å². The van der Waals surface area contributed by atoms with Crippen LogP contribution in [0.2, 0.25) is 0 Å². The fourth-order valence-corrected chi connectivity index (χ4v) is 7.79. The number of rotatable bonds is 3. The lowest BCUT2D eigenvalue weighted by atomic mass is 9.48. The predicted octanol–water partition coefficient (Wildman–Crippen LogP) is 1.95. The van der Waals surface area contributed by atoms with Crippen LogP contribution in [0, 0.1) is 5.92 Å². The van der Waals surface area contributed by atoms with Crippen molar-refractivity contribution in [2.75, 3.05) is 19.6 Å². The van der Waals surface area contributed by atoms with E-state index in [1.165, 1.54) is 18.4 Å². The highest BCUT2D eigenvalue weighted by Gasteiger charge is 2.73. The van der Waals surface area contributed by atoms with E-state index in [1.54, 1.807) is 6.07 Å². The van der Waals surface area contributed by atoms with Gasteiger partial charge in [0.1, 0.15) is 6.10 Å². The maximum Gasteiger partial charge on any atom is 0.223 e. The average molecular weight is 411 g/mol. The van der Waals surface area contributed by atoms with E-state index in [2.05, 4.69) is 4.90 Å². The SMILES string of the molecule is O=C1CCCN1C1CC[C@@]2(O)[C@H]3Cc4ccc(O)c5c4[C@@]2(CCN3CC2CC2)C1O5. The minimum Gasteiger partial charge on any atom is -0.504 e. The zero-order chi connectivity index (χ0) is 20.3. The molecule has 30 heavy (non-hydrogen) atoms. The van der Waals surface area contributed by atoms with Crippen LogP contribution in [0.15, 0.2) is 12.1 Å². The van der Waals surface area contributed by atoms with Gasteiger partial charge in [0.2, 0.25) is 5.91 Å². The van der Waals surface area contributed by atoms with Crippen LogP contribution in [0.3, 0.4) is 0 Å². The number of phenols is 1. The molecule has 1 spiro atoms. The smallest absolute Gasteiger partial charge is 0.223 e. The van der Waals surface area contributed by atoms with Crippen LogP contribution in [0.5, 0.6) is 11.5 Å². The number of aliphatic hydroxyl groups is 1. The minimum absolute atomic E-state index is 0.0198. The number of ether oxygens (including phenoxy) is 1. The molecule has 3 aliphatic heterocycles. The third kappa shape index (κ3) is 2.00. The maximum atomic E-state index is 12.6. The predicted molar refractivity (Wildman–Crippen MR) is 110 cm³/mol. The topological polar surface area (TPSA) is 73.2 Å². The third-order valence-electron chi connectivity index (χ3n) is 9.24. The lowest BCUT2D eigenvalue weighted by Crippen LogP contribution is -2.78. The van der Waals surface area contributed by atoms with Gasteiger partial charge in [0.15, 0.2) is 11.5 Å². The summed E-state index contributed by atoms with van der Waals surface area (Å²) >= 11 is 0. The number of amides is 1. The van der Waals surface area contributed by atoms with E-state index in [-0.39, 0.29) is 29.8 Å². The molecule has 0 aromatic heterocycles. The number of nitrogens with zero attached hydrogens (tertiary/aromatic N) is 2. The first kappa shape index (κ1) is 17.8. The van der Waals surface area contributed by atoms with Crippen molar-refractivity contribution in [3.63, 3.8) is 0 Å². The van der Waals surface area contributed by atoms with E-state index in [4.69, 9.17) is 4.74 Å². The van der Waals surface area contributed by atoms with Crippen LogP contribution >= 0.6 is 0 Å². The van der Waals surface area contributed by atoms with Gasteiger partial charge in [-0.3, -0.25) is 9.69 Å². The van der Waals surface area contributed by atoms with E-state index in [0.717, 1.165) is 56.8 Å². The molecular weight excluding hydrogens is 380 g/mol. The molecule has 160 valence electrons. The molecule has 2 N–H and O–H groups in total. The molecule has 2 bridgehead atoms. The summed E-state index contributed by atoms with van der Waals surface area (Å²) in [5.74, 6) is 1.74. The molecule has 4 fully saturated rings. The first-order valence-electron chi connectivity index (χ1n) is 11.8. The Morgan fingerprint density at radius 2 is 2.03 bits per heavy atom. The zero-order valence-corrected chi connectivity index (χ0v) is 17.3. The largest absolute Gasteiger partial charge is 0.504 e. The number of benzene rings is 1. The van der Waals surface area contributed by atoms with Crippen molar-refractivity contribution in [1.29, 1.82) is 0 Å². The molecule has 2 unspecified atom stereocenters. The molecule has 6 heteroatoms. The van der Waals surface area contributed by atoms with Crippen molar-refractivity contribution in [2.45, 2.75) is 80.6 Å². The Balaban J connectivity index is 1.39. The number of phenolic OH excluding ortho intramolecular Hbond substituents is 1. The fourth-order valence-electron chi connectivity index (χ4n) is 7.79. The lowest BCUT2D eigenvalue weighted by Gasteiger charge is -2.64. The molecule has 6 nitrogen and oxygen atoms in total. The van der Waals surface area contributed by atoms with Crippen LogP contribution in [0.1, 0.15) is 56.1 Å². The molecule has 2 saturated heterocycles. The number of hydrogen-bond acceptors (Lipinski definition) is 5. The van der Waals surface area contributed by atoms with E-state index in [9.17, 15) is 15.0 Å². The number of likely N-dealkylation sites (tertiary alicyclic amines) is 2. The molecule has 1 amide bonds. The monoisotopic (exact) mass is 410 g/mol. The number of piperidine rings is 1. The number of carbonyl (C=O) groups excluding carboxylic acids is 1. The van der Waals surface area contributed by atoms with E-state index in [1.807, 2.05) is 11.0 Å². The number of carbonyl (C=O) groups is 1. The summed E-state index contributed by atoms with van der Waals surface area (Å²) in [6, 6.07) is 3.87. The van der Waals surface area contributed by atoms with Gasteiger partial charge in [-0.15, -0.1) is 0 Å². The summed E-state index contributed by atoms with van der Waals surface area (Å²) in [6.45, 7) is 2.83. The first-order valence-corrected chi connectivity index (χ1v) is 11.8. The Kier molecular flexibility index (Phi) is 3.40. The minimum atomic E-state index is -0.865. The average Bonchev–Trinajstić information content (AvgIpc) is 3.32. The third-order valence-corrected chi connectivity index (χ3v) is 9.24. The summed E-state index contributed by atoms with van der Waals surface area (Å²) in [6.07, 6.45) is 6.98. The Bertz CT molecular complexity index is 945. The molecule has 6 aliphatic rings. The van der Waals surface area contributed by atoms with Crippen LogP contribution in [0.4, 0.5) is 0 Å². The lowest BCUT2D eigenvalue weighted by molar-refractivity contribution is -0.200. The highest BCUT2D eigenvalue weighted by Crippen LogP contribution is 2.66. The second-order valence-electron chi connectivity index (χ2n) is 10.6. The van der Waals surface area contributed by atoms with Gasteiger partial charge in [0.05, 0.1) is 17.1 Å². The van der Waals surface area contributed by atoms with Crippen molar-refractivity contribution in [1.82, 2.24) is 9.80 Å². The van der Waals surface area contributed by atoms with Gasteiger partial charge in [0.25, 0.3) is 0 Å². The Hall–Kier alpha value is -1.79. The summed E-state index contributed by atoms with van der Waals surface area (Å²) < 4.78 is 6.55. The molecular formula is C24H30N2O4. The number of aromatic hydroxyl groups is 1. The zero-order valence-electron chi connectivity index (χ0n) is 17.3. The molecule has 3 aliphatic carbocycles. The molecule has 5 atom stereocenters. The van der Waals surface area contributed by atoms with E-state index in [0.29, 0.717) is 18.6 Å². The van der Waals surface area contributed by atoms with Gasteiger partial charge in [0, 0.05) is 31.1 Å². The molecule has 1 aromatic carbocycles. The Morgan fingerprint density at radius 1 is 1.17 bits per heavy atom. The van der Waals surface area contributed by atoms with Gasteiger partial charge in [-0.05, 0) is 69.0 Å². The van der Waals surface area contributed by atoms with Gasteiger partial charge < -0.3 is 19.8 Å². The first-order chi connectivity index (χ1) is 14.5. The summed E-state index contributed by atoms with van der Waals surface area (Å²) in [5, 5.41) is 23.1. The summed E-state index contributed by atoms with van der Waals surface area (Å²) in [4.78, 5) is 17.2. The van der Waals surface area contributed by atoms with Crippen LogP contribution < -0.4 is 4.74 Å². The second-order valence-corrected chi connectivity index (χ2v) is 10.6. The van der Waals surface area contributed by atoms with Crippen molar-refractivity contribution >= 4 is 5.91 Å². The molecule has 2 saturated carbocycles. The standard InChI is InChI=1S/C24H30N2O4/c27-17-6-5-15-12-18-24(29)8-7-16(26-10-1-2-19(26)28)22-23(24,20(15)21(17)30-22)9-11-25(18)13-14-3-4-14/h5-6,14,16,18,22,27,29H,1-4,7-13H2/t16?,18-,22?,23+,24-/m1/s1. The highest BCUT2D eigenvalue weighted by molar-refractivity contribution is 5.79. The van der Waals surface area contributed by atoms with Gasteiger partial charge >= 0.3 is 0 Å². The summed E-state index contributed by atoms with van der Waals surface area (Å²) in [5.41, 5.74) is 0.879. The van der Waals surface area contributed by atoms with E-state index >= 15 is 0 Å². The van der Waals surface area contributed by atoms with Gasteiger partial charge in [-0.2, -0.15) is 0 Å². The number of hydrogen-bond donors (Lipinski definition) is 2. The van der Waals surface area contributed by atoms with Crippen molar-refractivity contribution in [2.24, 2.45) is 5.92 Å². The van der Waals surface area contributed by atoms with Crippen LogP contribution in [-0.2, 0) is 16.6 Å². The molecule has 7 rings (SSSR count). The van der Waals surface area contributed by atoms with Gasteiger partial charge in [-0.25, -0.2) is 0 Å². The normalized spacial score (nSPS) is 41.7. The molecule has 3 heterocycles. The second kappa shape index (κ2) is 5.71. The van der Waals surface area contributed by atoms with Crippen LogP contribution in [-0.4, -0.2) is 69.3 Å². The quantitative estimate of drug-likeness (QED) is 0.797. The van der Waals surface area contributed by atoms with Crippen molar-refractivity contribution in [3.8, 4) is 11.5 Å². The summed E-state index contributed by atoms with van der Waals surface area (Å²) in [7, 11) is 0. The van der Waals surface area contributed by atoms with Crippen molar-refractivity contribution in [3.05, 3.63) is 23.3 Å². The maximum absolute atomic E-state index is 12.6. The molecule has 1 aromatic rings. The Labute approximate surface area is 176 Å². The fraction of sp³-hybridized carbons (Fsp3) is 0.708. The van der Waals surface area contributed by atoms with Crippen molar-refractivity contribution < 1.29 is 19.7 Å². The highest BCUT2D eigenvalue weighted by atomic mass is 16.5.